The van der Waals surface area contributed by atoms with Crippen LogP contribution < -0.4 is 16.2 Å². The molecule has 10 atom stereocenters. The van der Waals surface area contributed by atoms with Crippen LogP contribution in [0, 0.1) is 22.7 Å². The van der Waals surface area contributed by atoms with Crippen molar-refractivity contribution >= 4 is 22.8 Å². The largest absolute Gasteiger partial charge is 0.480 e. The molecule has 7 aliphatic rings. The van der Waals surface area contributed by atoms with Gasteiger partial charge in [-0.3, -0.25) is 14.3 Å². The third kappa shape index (κ3) is 2.66. The second-order valence-corrected chi connectivity index (χ2v) is 14.1. The standard InChI is InChI=1S/C31H39N5O3/c32-20-16-34(26(20)29(38)39)27-28(37)36(22-8-2-1-7-21(22)33-27)25-14-24-31(25)11-5-9-23(31)35(24)19-13-18-12-17-6-3-4-10-30(17,18)15-19/h1-2,7-8,17-20,23-26H,3-6,9-16,32H2,(H,38,39)/t17?,18?,19-,20-,23-,24-,25-,26+,30?,31?/m1/s1. The Morgan fingerprint density at radius 3 is 2.69 bits per heavy atom. The number of benzene rings is 1. The number of fused-ring (bicyclic) bond motifs is 1. The molecule has 9 rings (SSSR count). The molecule has 2 aliphatic heterocycles. The summed E-state index contributed by atoms with van der Waals surface area (Å²) < 4.78 is 2.03. The zero-order valence-corrected chi connectivity index (χ0v) is 22.5. The maximum absolute atomic E-state index is 14.2. The van der Waals surface area contributed by atoms with Gasteiger partial charge in [0.1, 0.15) is 6.04 Å². The lowest BCUT2D eigenvalue weighted by Crippen LogP contribution is -2.80. The van der Waals surface area contributed by atoms with E-state index in [0.717, 1.165) is 35.3 Å². The zero-order chi connectivity index (χ0) is 26.3. The van der Waals surface area contributed by atoms with E-state index in [-0.39, 0.29) is 22.8 Å². The number of carboxylic acids is 1. The zero-order valence-electron chi connectivity index (χ0n) is 22.5. The molecule has 206 valence electrons. The molecule has 7 fully saturated rings. The average molecular weight is 530 g/mol. The number of rotatable bonds is 4. The van der Waals surface area contributed by atoms with E-state index in [4.69, 9.17) is 10.7 Å². The Bertz CT molecular complexity index is 1460. The van der Waals surface area contributed by atoms with E-state index >= 15 is 0 Å². The van der Waals surface area contributed by atoms with E-state index < -0.39 is 18.1 Å². The number of piperidine rings is 1. The predicted octanol–water partition coefficient (Wildman–Crippen LogP) is 3.52. The Labute approximate surface area is 228 Å². The summed E-state index contributed by atoms with van der Waals surface area (Å²) in [5.74, 6) is 1.21. The van der Waals surface area contributed by atoms with Gasteiger partial charge in [0.15, 0.2) is 5.82 Å². The van der Waals surface area contributed by atoms with Crippen molar-refractivity contribution in [2.45, 2.75) is 107 Å². The molecule has 0 radical (unpaired) electrons. The summed E-state index contributed by atoms with van der Waals surface area (Å²) in [5.41, 5.74) is 8.38. The summed E-state index contributed by atoms with van der Waals surface area (Å²) in [5, 5.41) is 9.77. The third-order valence-corrected chi connectivity index (χ3v) is 13.1. The molecule has 3 N–H and O–H groups in total. The van der Waals surface area contributed by atoms with Crippen molar-refractivity contribution in [3.63, 3.8) is 0 Å². The van der Waals surface area contributed by atoms with Crippen molar-refractivity contribution < 1.29 is 9.90 Å². The Kier molecular flexibility index (Phi) is 4.56. The van der Waals surface area contributed by atoms with E-state index in [0.29, 0.717) is 24.0 Å². The summed E-state index contributed by atoms with van der Waals surface area (Å²) in [6.45, 7) is 0.345. The molecule has 39 heavy (non-hydrogen) atoms. The van der Waals surface area contributed by atoms with Gasteiger partial charge >= 0.3 is 5.97 Å². The molecule has 2 saturated heterocycles. The maximum Gasteiger partial charge on any atom is 0.328 e. The highest BCUT2D eigenvalue weighted by Crippen LogP contribution is 2.74. The van der Waals surface area contributed by atoms with Crippen LogP contribution >= 0.6 is 0 Å². The van der Waals surface area contributed by atoms with Crippen molar-refractivity contribution in [1.29, 1.82) is 0 Å². The van der Waals surface area contributed by atoms with Gasteiger partial charge < -0.3 is 15.7 Å². The molecule has 8 heteroatoms. The fourth-order valence-corrected chi connectivity index (χ4v) is 11.5. The molecule has 2 aromatic rings. The minimum Gasteiger partial charge on any atom is -0.480 e. The smallest absolute Gasteiger partial charge is 0.328 e. The number of aromatic nitrogens is 2. The van der Waals surface area contributed by atoms with Gasteiger partial charge in [-0.25, -0.2) is 9.78 Å². The quantitative estimate of drug-likeness (QED) is 0.624. The van der Waals surface area contributed by atoms with Crippen LogP contribution in [0.1, 0.15) is 76.7 Å². The summed E-state index contributed by atoms with van der Waals surface area (Å²) in [6.07, 6.45) is 14.8. The summed E-state index contributed by atoms with van der Waals surface area (Å²) >= 11 is 0. The SMILES string of the molecule is N[C@@H]1CN(c2nc3ccccc3n([C@@H]3C[C@H]4N([C@@H]5CC6CC7CCCCC76C5)[C@@H]5CCCC543)c2=O)[C@@H]1C(=O)O. The fourth-order valence-electron chi connectivity index (χ4n) is 11.5. The first-order valence-electron chi connectivity index (χ1n) is 15.5. The highest BCUT2D eigenvalue weighted by molar-refractivity contribution is 5.83. The number of nitrogens with two attached hydrogens (primary N) is 1. The highest BCUT2D eigenvalue weighted by atomic mass is 16.4. The molecule has 0 amide bonds. The van der Waals surface area contributed by atoms with Gasteiger partial charge in [0.2, 0.25) is 0 Å². The topological polar surface area (TPSA) is 105 Å². The van der Waals surface area contributed by atoms with Gasteiger partial charge in [-0.15, -0.1) is 0 Å². The lowest BCUT2D eigenvalue weighted by atomic mass is 9.48. The highest BCUT2D eigenvalue weighted by Gasteiger charge is 2.75. The second kappa shape index (κ2) is 7.64. The van der Waals surface area contributed by atoms with Crippen LogP contribution in [0.2, 0.25) is 0 Å². The number of likely N-dealkylation sites (tertiary alicyclic amines) is 1. The first-order valence-corrected chi connectivity index (χ1v) is 15.5. The van der Waals surface area contributed by atoms with E-state index in [2.05, 4.69) is 4.90 Å². The van der Waals surface area contributed by atoms with Gasteiger partial charge in [0, 0.05) is 36.1 Å². The van der Waals surface area contributed by atoms with Gasteiger partial charge in [-0.1, -0.05) is 31.4 Å². The molecule has 1 aromatic heterocycles. The van der Waals surface area contributed by atoms with Gasteiger partial charge in [-0.2, -0.15) is 0 Å². The van der Waals surface area contributed by atoms with Crippen LogP contribution in [0.3, 0.4) is 0 Å². The van der Waals surface area contributed by atoms with Crippen molar-refractivity contribution in [2.24, 2.45) is 28.4 Å². The normalized spacial score (nSPS) is 45.7. The minimum absolute atomic E-state index is 0.142. The van der Waals surface area contributed by atoms with E-state index in [9.17, 15) is 14.7 Å². The summed E-state index contributed by atoms with van der Waals surface area (Å²) in [7, 11) is 0. The number of carbonyl (C=O) groups is 1. The number of carboxylic acid groups (broad SMARTS) is 1. The van der Waals surface area contributed by atoms with Crippen molar-refractivity contribution in [2.75, 3.05) is 11.4 Å². The molecule has 0 bridgehead atoms. The fraction of sp³-hybridized carbons (Fsp3) is 0.710. The minimum atomic E-state index is -0.993. The van der Waals surface area contributed by atoms with Crippen LogP contribution in [0.5, 0.6) is 0 Å². The number of para-hydroxylation sites is 2. The van der Waals surface area contributed by atoms with Crippen LogP contribution in [0.4, 0.5) is 5.82 Å². The van der Waals surface area contributed by atoms with Gasteiger partial charge in [0.05, 0.1) is 17.1 Å². The Hall–Kier alpha value is -2.45. The molecule has 1 aromatic carbocycles. The molecular weight excluding hydrogens is 490 g/mol. The molecule has 3 heterocycles. The molecule has 5 aliphatic carbocycles. The van der Waals surface area contributed by atoms with E-state index in [1.165, 1.54) is 64.2 Å². The van der Waals surface area contributed by atoms with Gasteiger partial charge in [-0.05, 0) is 80.8 Å². The Balaban J connectivity index is 1.07. The number of anilines is 1. The van der Waals surface area contributed by atoms with Crippen LogP contribution in [0.25, 0.3) is 11.0 Å². The molecule has 2 spiro atoms. The monoisotopic (exact) mass is 529 g/mol. The Morgan fingerprint density at radius 2 is 1.87 bits per heavy atom. The maximum atomic E-state index is 14.2. The first kappa shape index (κ1) is 23.3. The van der Waals surface area contributed by atoms with E-state index in [1.807, 2.05) is 28.8 Å². The molecule has 4 unspecified atom stereocenters. The van der Waals surface area contributed by atoms with Crippen molar-refractivity contribution in [3.05, 3.63) is 34.6 Å². The van der Waals surface area contributed by atoms with E-state index in [1.54, 1.807) is 4.90 Å². The average Bonchev–Trinajstić information content (AvgIpc) is 3.42. The Morgan fingerprint density at radius 1 is 1.00 bits per heavy atom. The van der Waals surface area contributed by atoms with Crippen molar-refractivity contribution in [1.82, 2.24) is 14.5 Å². The first-order chi connectivity index (χ1) is 18.9. The second-order valence-electron chi connectivity index (χ2n) is 14.1. The van der Waals surface area contributed by atoms with Crippen molar-refractivity contribution in [3.8, 4) is 0 Å². The van der Waals surface area contributed by atoms with Gasteiger partial charge in [0.25, 0.3) is 5.56 Å². The van der Waals surface area contributed by atoms with Crippen LogP contribution in [-0.2, 0) is 4.79 Å². The predicted molar refractivity (Wildman–Crippen MR) is 148 cm³/mol. The number of nitrogens with zero attached hydrogens (tertiary/aromatic N) is 4. The number of hydrogen-bond donors (Lipinski definition) is 2. The van der Waals surface area contributed by atoms with Crippen LogP contribution in [-0.4, -0.2) is 62.3 Å². The summed E-state index contributed by atoms with van der Waals surface area (Å²) in [6, 6.07) is 8.57. The number of hydrogen-bond acceptors (Lipinski definition) is 6. The molecular formula is C31H39N5O3. The summed E-state index contributed by atoms with van der Waals surface area (Å²) in [4.78, 5) is 35.4. The lowest BCUT2D eigenvalue weighted by molar-refractivity contribution is -0.239. The van der Waals surface area contributed by atoms with Crippen LogP contribution in [0.15, 0.2) is 29.1 Å². The molecule has 5 saturated carbocycles. The molecule has 8 nitrogen and oxygen atoms in total. The lowest BCUT2D eigenvalue weighted by Gasteiger charge is -2.74. The number of aliphatic carboxylic acids is 1. The third-order valence-electron chi connectivity index (χ3n) is 13.1.